The predicted octanol–water partition coefficient (Wildman–Crippen LogP) is 2.38. The highest BCUT2D eigenvalue weighted by molar-refractivity contribution is 6.30. The molecular formula is C18H17ClN2O3. The molecule has 1 aliphatic heterocycles. The number of aliphatic hydroxyl groups is 1. The van der Waals surface area contributed by atoms with Crippen molar-refractivity contribution in [1.82, 2.24) is 5.32 Å². The Labute approximate surface area is 144 Å². The maximum absolute atomic E-state index is 13.0. The minimum atomic E-state index is -1.56. The minimum absolute atomic E-state index is 0.388. The van der Waals surface area contributed by atoms with Gasteiger partial charge in [0.2, 0.25) is 5.91 Å². The van der Waals surface area contributed by atoms with E-state index in [1.54, 1.807) is 55.6 Å². The minimum Gasteiger partial charge on any atom is -0.385 e. The second-order valence-electron chi connectivity index (χ2n) is 5.82. The summed E-state index contributed by atoms with van der Waals surface area (Å²) in [6.07, 6.45) is -1.25. The monoisotopic (exact) mass is 344 g/mol. The van der Waals surface area contributed by atoms with E-state index in [-0.39, 0.29) is 5.91 Å². The third-order valence-corrected chi connectivity index (χ3v) is 4.55. The molecule has 1 aliphatic rings. The normalized spacial score (nSPS) is 20.7. The number of nitrogens with one attached hydrogen (secondary N) is 1. The number of aliphatic hydroxyl groups excluding tert-OH is 1. The standard InChI is InChI=1S/C18H17ClN2O3/c1-11(22)20-18(16(23)12-7-9-13(19)10-8-12)14-5-3-4-6-15(14)21(2)17(18)24/h3-10,16,23H,1-2H3,(H,20,22)/t16-,18+/m0/s1. The number of para-hydroxylation sites is 1. The Kier molecular flexibility index (Phi) is 4.07. The van der Waals surface area contributed by atoms with Crippen LogP contribution in [0.5, 0.6) is 0 Å². The van der Waals surface area contributed by atoms with Gasteiger partial charge >= 0.3 is 0 Å². The first-order valence-corrected chi connectivity index (χ1v) is 7.85. The zero-order chi connectivity index (χ0) is 17.5. The Balaban J connectivity index is 2.20. The van der Waals surface area contributed by atoms with Crippen LogP contribution in [0.25, 0.3) is 0 Å². The number of amides is 2. The number of halogens is 1. The molecule has 0 aliphatic carbocycles. The van der Waals surface area contributed by atoms with Crippen LogP contribution < -0.4 is 10.2 Å². The van der Waals surface area contributed by atoms with Crippen LogP contribution in [0.2, 0.25) is 5.02 Å². The molecule has 0 unspecified atom stereocenters. The fraction of sp³-hybridized carbons (Fsp3) is 0.222. The van der Waals surface area contributed by atoms with Gasteiger partial charge in [0.1, 0.15) is 6.10 Å². The Morgan fingerprint density at radius 3 is 2.46 bits per heavy atom. The van der Waals surface area contributed by atoms with Crippen LogP contribution in [-0.4, -0.2) is 24.0 Å². The van der Waals surface area contributed by atoms with Crippen LogP contribution in [-0.2, 0) is 15.1 Å². The first-order valence-electron chi connectivity index (χ1n) is 7.48. The first kappa shape index (κ1) is 16.5. The van der Waals surface area contributed by atoms with Crippen molar-refractivity contribution in [2.45, 2.75) is 18.6 Å². The van der Waals surface area contributed by atoms with Gasteiger partial charge < -0.3 is 15.3 Å². The molecule has 0 bridgehead atoms. The summed E-state index contributed by atoms with van der Waals surface area (Å²) in [5.41, 5.74) is 0.149. The molecule has 2 atom stereocenters. The number of hydrogen-bond acceptors (Lipinski definition) is 3. The smallest absolute Gasteiger partial charge is 0.260 e. The second kappa shape index (κ2) is 5.92. The molecule has 124 valence electrons. The van der Waals surface area contributed by atoms with Gasteiger partial charge in [-0.3, -0.25) is 9.59 Å². The fourth-order valence-electron chi connectivity index (χ4n) is 3.21. The first-order chi connectivity index (χ1) is 11.4. The topological polar surface area (TPSA) is 69.6 Å². The molecular weight excluding hydrogens is 328 g/mol. The van der Waals surface area contributed by atoms with Gasteiger partial charge in [-0.2, -0.15) is 0 Å². The van der Waals surface area contributed by atoms with Crippen molar-refractivity contribution in [2.24, 2.45) is 0 Å². The number of carbonyl (C=O) groups is 2. The van der Waals surface area contributed by atoms with Crippen LogP contribution in [0.4, 0.5) is 5.69 Å². The van der Waals surface area contributed by atoms with Crippen molar-refractivity contribution in [2.75, 3.05) is 11.9 Å². The maximum atomic E-state index is 13.0. The summed E-state index contributed by atoms with van der Waals surface area (Å²) in [6.45, 7) is 1.32. The highest BCUT2D eigenvalue weighted by atomic mass is 35.5. The molecule has 1 heterocycles. The molecule has 0 fully saturated rings. The largest absolute Gasteiger partial charge is 0.385 e. The number of anilines is 1. The van der Waals surface area contributed by atoms with Crippen LogP contribution in [0, 0.1) is 0 Å². The van der Waals surface area contributed by atoms with E-state index in [4.69, 9.17) is 11.6 Å². The highest BCUT2D eigenvalue weighted by Crippen LogP contribution is 2.46. The van der Waals surface area contributed by atoms with Crippen LogP contribution in [0.3, 0.4) is 0 Å². The highest BCUT2D eigenvalue weighted by Gasteiger charge is 2.55. The molecule has 2 aromatic rings. The number of benzene rings is 2. The van der Waals surface area contributed by atoms with Gasteiger partial charge in [-0.1, -0.05) is 41.9 Å². The third kappa shape index (κ3) is 2.37. The van der Waals surface area contributed by atoms with Gasteiger partial charge in [-0.25, -0.2) is 0 Å². The number of likely N-dealkylation sites (N-methyl/N-ethyl adjacent to an activating group) is 1. The van der Waals surface area contributed by atoms with E-state index in [1.807, 2.05) is 0 Å². The van der Waals surface area contributed by atoms with Gasteiger partial charge in [0.15, 0.2) is 5.54 Å². The van der Waals surface area contributed by atoms with Gasteiger partial charge in [-0.05, 0) is 23.8 Å². The predicted molar refractivity (Wildman–Crippen MR) is 91.8 cm³/mol. The van der Waals surface area contributed by atoms with Gasteiger partial charge in [0.25, 0.3) is 5.91 Å². The lowest BCUT2D eigenvalue weighted by molar-refractivity contribution is -0.135. The van der Waals surface area contributed by atoms with E-state index < -0.39 is 17.6 Å². The Morgan fingerprint density at radius 2 is 1.83 bits per heavy atom. The van der Waals surface area contributed by atoms with Crippen LogP contribution in [0.1, 0.15) is 24.2 Å². The molecule has 0 aromatic heterocycles. The fourth-order valence-corrected chi connectivity index (χ4v) is 3.34. The average Bonchev–Trinajstić information content (AvgIpc) is 2.78. The number of rotatable bonds is 3. The van der Waals surface area contributed by atoms with Crippen LogP contribution >= 0.6 is 11.6 Å². The van der Waals surface area contributed by atoms with Gasteiger partial charge in [0.05, 0.1) is 0 Å². The molecule has 2 aromatic carbocycles. The number of carbonyl (C=O) groups excluding carboxylic acids is 2. The molecule has 0 saturated heterocycles. The summed E-state index contributed by atoms with van der Waals surface area (Å²) >= 11 is 5.90. The molecule has 24 heavy (non-hydrogen) atoms. The summed E-state index contributed by atoms with van der Waals surface area (Å²) in [5, 5.41) is 14.3. The summed E-state index contributed by atoms with van der Waals surface area (Å²) in [6, 6.07) is 13.7. The molecule has 0 spiro atoms. The third-order valence-electron chi connectivity index (χ3n) is 4.30. The van der Waals surface area contributed by atoms with Gasteiger partial charge in [-0.15, -0.1) is 0 Å². The summed E-state index contributed by atoms with van der Waals surface area (Å²) in [4.78, 5) is 26.3. The van der Waals surface area contributed by atoms with Crippen LogP contribution in [0.15, 0.2) is 48.5 Å². The summed E-state index contributed by atoms with van der Waals surface area (Å²) in [5.74, 6) is -0.789. The van der Waals surface area contributed by atoms with E-state index in [2.05, 4.69) is 5.32 Å². The Morgan fingerprint density at radius 1 is 1.21 bits per heavy atom. The zero-order valence-corrected chi connectivity index (χ0v) is 14.0. The lowest BCUT2D eigenvalue weighted by Crippen LogP contribution is -2.55. The van der Waals surface area contributed by atoms with Crippen molar-refractivity contribution < 1.29 is 14.7 Å². The van der Waals surface area contributed by atoms with Crippen molar-refractivity contribution in [1.29, 1.82) is 0 Å². The lowest BCUT2D eigenvalue weighted by atomic mass is 9.82. The van der Waals surface area contributed by atoms with E-state index in [0.717, 1.165) is 0 Å². The molecule has 6 heteroatoms. The van der Waals surface area contributed by atoms with Crippen molar-refractivity contribution in [3.8, 4) is 0 Å². The number of nitrogens with zero attached hydrogens (tertiary/aromatic N) is 1. The molecule has 2 N–H and O–H groups in total. The van der Waals surface area contributed by atoms with E-state index in [9.17, 15) is 14.7 Å². The van der Waals surface area contributed by atoms with Crippen molar-refractivity contribution >= 4 is 29.1 Å². The molecule has 3 rings (SSSR count). The quantitative estimate of drug-likeness (QED) is 0.898. The number of hydrogen-bond donors (Lipinski definition) is 2. The van der Waals surface area contributed by atoms with E-state index in [0.29, 0.717) is 21.8 Å². The molecule has 2 amide bonds. The van der Waals surface area contributed by atoms with E-state index in [1.165, 1.54) is 11.8 Å². The second-order valence-corrected chi connectivity index (χ2v) is 6.26. The summed E-state index contributed by atoms with van der Waals surface area (Å²) in [7, 11) is 1.62. The van der Waals surface area contributed by atoms with Crippen molar-refractivity contribution in [3.63, 3.8) is 0 Å². The van der Waals surface area contributed by atoms with E-state index >= 15 is 0 Å². The Bertz CT molecular complexity index is 806. The van der Waals surface area contributed by atoms with Crippen molar-refractivity contribution in [3.05, 3.63) is 64.7 Å². The molecule has 0 radical (unpaired) electrons. The molecule has 5 nitrogen and oxygen atoms in total. The lowest BCUT2D eigenvalue weighted by Gasteiger charge is -2.34. The number of fused-ring (bicyclic) bond motifs is 1. The Hall–Kier alpha value is -2.37. The zero-order valence-electron chi connectivity index (χ0n) is 13.3. The average molecular weight is 345 g/mol. The van der Waals surface area contributed by atoms with Gasteiger partial charge in [0, 0.05) is 30.2 Å². The maximum Gasteiger partial charge on any atom is 0.260 e. The summed E-state index contributed by atoms with van der Waals surface area (Å²) < 4.78 is 0. The molecule has 0 saturated carbocycles. The SMILES string of the molecule is CC(=O)N[C@]1([C@@H](O)c2ccc(Cl)cc2)C(=O)N(C)c2ccccc21.